The van der Waals surface area contributed by atoms with E-state index in [0.717, 1.165) is 17.9 Å². The molecular weight excluding hydrogens is 238 g/mol. The number of hydrogen-bond acceptors (Lipinski definition) is 3. The molecule has 4 nitrogen and oxygen atoms in total. The van der Waals surface area contributed by atoms with Gasteiger partial charge in [-0.05, 0) is 24.3 Å². The summed E-state index contributed by atoms with van der Waals surface area (Å²) in [7, 11) is 1.94. The van der Waals surface area contributed by atoms with E-state index in [2.05, 4.69) is 31.2 Å². The van der Waals surface area contributed by atoms with Crippen molar-refractivity contribution < 1.29 is 5.11 Å². The lowest BCUT2D eigenvalue weighted by Crippen LogP contribution is -2.16. The maximum atomic E-state index is 9.25. The molecule has 0 aliphatic rings. The zero-order valence-electron chi connectivity index (χ0n) is 11.9. The number of nitrogens with one attached hydrogen (secondary N) is 1. The van der Waals surface area contributed by atoms with Gasteiger partial charge in [0.25, 0.3) is 0 Å². The van der Waals surface area contributed by atoms with Crippen molar-refractivity contribution in [3.05, 3.63) is 41.7 Å². The molecule has 1 aromatic carbocycles. The number of phenols is 1. The number of rotatable bonds is 3. The van der Waals surface area contributed by atoms with E-state index < -0.39 is 0 Å². The molecule has 19 heavy (non-hydrogen) atoms. The number of aromatic hydroxyl groups is 1. The van der Waals surface area contributed by atoms with Gasteiger partial charge in [-0.15, -0.1) is 0 Å². The number of nitrogens with zero attached hydrogens (tertiary/aromatic N) is 2. The molecule has 2 N–H and O–H groups in total. The topological polar surface area (TPSA) is 50.1 Å². The van der Waals surface area contributed by atoms with Crippen LogP contribution in [0.5, 0.6) is 5.75 Å². The van der Waals surface area contributed by atoms with E-state index in [4.69, 9.17) is 0 Å². The van der Waals surface area contributed by atoms with Gasteiger partial charge in [-0.3, -0.25) is 4.68 Å². The molecular formula is C15H21N3O. The summed E-state index contributed by atoms with van der Waals surface area (Å²) in [4.78, 5) is 0. The van der Waals surface area contributed by atoms with Crippen LogP contribution in [0.2, 0.25) is 0 Å². The van der Waals surface area contributed by atoms with Crippen LogP contribution in [-0.4, -0.2) is 14.9 Å². The number of aromatic nitrogens is 2. The predicted molar refractivity (Wildman–Crippen MR) is 77.3 cm³/mol. The van der Waals surface area contributed by atoms with Gasteiger partial charge in [-0.2, -0.15) is 5.10 Å². The van der Waals surface area contributed by atoms with Crippen molar-refractivity contribution in [2.75, 3.05) is 5.32 Å². The number of benzene rings is 1. The Morgan fingerprint density at radius 1 is 1.21 bits per heavy atom. The minimum absolute atomic E-state index is 0.0349. The van der Waals surface area contributed by atoms with Gasteiger partial charge in [0.2, 0.25) is 0 Å². The second kappa shape index (κ2) is 4.96. The lowest BCUT2D eigenvalue weighted by molar-refractivity contribution is 0.475. The molecule has 0 aliphatic heterocycles. The van der Waals surface area contributed by atoms with Crippen LogP contribution < -0.4 is 5.32 Å². The molecule has 102 valence electrons. The summed E-state index contributed by atoms with van der Waals surface area (Å²) >= 11 is 0. The van der Waals surface area contributed by atoms with E-state index in [-0.39, 0.29) is 11.2 Å². The van der Waals surface area contributed by atoms with Crippen LogP contribution in [0.4, 0.5) is 5.69 Å². The first-order chi connectivity index (χ1) is 8.86. The van der Waals surface area contributed by atoms with Gasteiger partial charge in [0.05, 0.1) is 5.69 Å². The maximum Gasteiger partial charge on any atom is 0.115 e. The van der Waals surface area contributed by atoms with Gasteiger partial charge in [-0.1, -0.05) is 20.8 Å². The fourth-order valence-electron chi connectivity index (χ4n) is 2.08. The lowest BCUT2D eigenvalue weighted by Gasteiger charge is -2.17. The highest BCUT2D eigenvalue weighted by molar-refractivity contribution is 5.46. The first-order valence-corrected chi connectivity index (χ1v) is 6.42. The van der Waals surface area contributed by atoms with E-state index in [1.807, 2.05) is 30.1 Å². The van der Waals surface area contributed by atoms with E-state index in [1.54, 1.807) is 12.1 Å². The Balaban J connectivity index is 2.13. The summed E-state index contributed by atoms with van der Waals surface area (Å²) in [6.07, 6.45) is 2.05. The van der Waals surface area contributed by atoms with Crippen LogP contribution in [0.1, 0.15) is 32.0 Å². The fourth-order valence-corrected chi connectivity index (χ4v) is 2.08. The average Bonchev–Trinajstić information content (AvgIpc) is 2.70. The van der Waals surface area contributed by atoms with Gasteiger partial charge in [0, 0.05) is 36.5 Å². The quantitative estimate of drug-likeness (QED) is 0.833. The van der Waals surface area contributed by atoms with Crippen molar-refractivity contribution in [2.45, 2.75) is 32.7 Å². The summed E-state index contributed by atoms with van der Waals surface area (Å²) in [6.45, 7) is 7.23. The number of phenolic OH excluding ortho intramolecular Hbond substituents is 1. The smallest absolute Gasteiger partial charge is 0.115 e. The summed E-state index contributed by atoms with van der Waals surface area (Å²) in [5.41, 5.74) is 3.33. The SMILES string of the molecule is Cn1cc(CNc2ccc(O)cc2)c(C(C)(C)C)n1. The van der Waals surface area contributed by atoms with Gasteiger partial charge >= 0.3 is 0 Å². The summed E-state index contributed by atoms with van der Waals surface area (Å²) < 4.78 is 1.86. The lowest BCUT2D eigenvalue weighted by atomic mass is 9.89. The fraction of sp³-hybridized carbons (Fsp3) is 0.400. The van der Waals surface area contributed by atoms with Crippen LogP contribution in [0, 0.1) is 0 Å². The number of aryl methyl sites for hydroxylation is 1. The van der Waals surface area contributed by atoms with Crippen molar-refractivity contribution in [2.24, 2.45) is 7.05 Å². The predicted octanol–water partition coefficient (Wildman–Crippen LogP) is 3.04. The molecule has 4 heteroatoms. The Labute approximate surface area is 114 Å². The average molecular weight is 259 g/mol. The third-order valence-electron chi connectivity index (χ3n) is 2.97. The monoisotopic (exact) mass is 259 g/mol. The van der Waals surface area contributed by atoms with Crippen LogP contribution in [0.15, 0.2) is 30.5 Å². The first-order valence-electron chi connectivity index (χ1n) is 6.42. The van der Waals surface area contributed by atoms with Crippen LogP contribution >= 0.6 is 0 Å². The zero-order valence-corrected chi connectivity index (χ0v) is 11.9. The molecule has 0 unspecified atom stereocenters. The number of hydrogen-bond donors (Lipinski definition) is 2. The summed E-state index contributed by atoms with van der Waals surface area (Å²) in [5, 5.41) is 17.1. The van der Waals surface area contributed by atoms with Crippen molar-refractivity contribution in [1.82, 2.24) is 9.78 Å². The Kier molecular flexibility index (Phi) is 3.51. The Hall–Kier alpha value is -1.97. The molecule has 0 bridgehead atoms. The molecule has 1 heterocycles. The maximum absolute atomic E-state index is 9.25. The molecule has 0 saturated carbocycles. The standard InChI is InChI=1S/C15H21N3O/c1-15(2,3)14-11(10-18(4)17-14)9-16-12-5-7-13(19)8-6-12/h5-8,10,16,19H,9H2,1-4H3. The molecule has 0 saturated heterocycles. The van der Waals surface area contributed by atoms with Gasteiger partial charge in [0.1, 0.15) is 5.75 Å². The van der Waals surface area contributed by atoms with Gasteiger partial charge < -0.3 is 10.4 Å². The van der Waals surface area contributed by atoms with E-state index in [0.29, 0.717) is 0 Å². The van der Waals surface area contributed by atoms with Crippen molar-refractivity contribution in [3.63, 3.8) is 0 Å². The highest BCUT2D eigenvalue weighted by atomic mass is 16.3. The minimum atomic E-state index is 0.0349. The van der Waals surface area contributed by atoms with Gasteiger partial charge in [-0.25, -0.2) is 0 Å². The zero-order chi connectivity index (χ0) is 14.0. The van der Waals surface area contributed by atoms with E-state index in [1.165, 1.54) is 5.56 Å². The summed E-state index contributed by atoms with van der Waals surface area (Å²) in [5.74, 6) is 0.280. The normalized spacial score (nSPS) is 11.6. The van der Waals surface area contributed by atoms with Crippen LogP contribution in [0.25, 0.3) is 0 Å². The second-order valence-electron chi connectivity index (χ2n) is 5.83. The van der Waals surface area contributed by atoms with Crippen molar-refractivity contribution >= 4 is 5.69 Å². The molecule has 0 atom stereocenters. The molecule has 1 aromatic heterocycles. The molecule has 2 aromatic rings. The third-order valence-corrected chi connectivity index (χ3v) is 2.97. The highest BCUT2D eigenvalue weighted by Crippen LogP contribution is 2.25. The van der Waals surface area contributed by atoms with E-state index >= 15 is 0 Å². The minimum Gasteiger partial charge on any atom is -0.508 e. The Morgan fingerprint density at radius 2 is 1.84 bits per heavy atom. The third kappa shape index (κ3) is 3.28. The van der Waals surface area contributed by atoms with Crippen molar-refractivity contribution in [1.29, 1.82) is 0 Å². The molecule has 0 aliphatic carbocycles. The summed E-state index contributed by atoms with van der Waals surface area (Å²) in [6, 6.07) is 7.08. The second-order valence-corrected chi connectivity index (χ2v) is 5.83. The molecule has 2 rings (SSSR count). The molecule has 0 amide bonds. The van der Waals surface area contributed by atoms with Crippen molar-refractivity contribution in [3.8, 4) is 5.75 Å². The molecule has 0 spiro atoms. The Bertz CT molecular complexity index is 550. The molecule has 0 fully saturated rings. The van der Waals surface area contributed by atoms with E-state index in [9.17, 15) is 5.11 Å². The Morgan fingerprint density at radius 3 is 2.42 bits per heavy atom. The largest absolute Gasteiger partial charge is 0.508 e. The first kappa shape index (κ1) is 13.5. The molecule has 0 radical (unpaired) electrons. The highest BCUT2D eigenvalue weighted by Gasteiger charge is 2.21. The number of anilines is 1. The van der Waals surface area contributed by atoms with Crippen LogP contribution in [0.3, 0.4) is 0 Å². The van der Waals surface area contributed by atoms with Crippen LogP contribution in [-0.2, 0) is 19.0 Å². The van der Waals surface area contributed by atoms with Gasteiger partial charge in [0.15, 0.2) is 0 Å².